The molecule has 1 aromatic carbocycles. The van der Waals surface area contributed by atoms with E-state index in [-0.39, 0.29) is 17.4 Å². The molecule has 1 atom stereocenters. The van der Waals surface area contributed by atoms with Crippen molar-refractivity contribution in [3.05, 3.63) is 59.9 Å². The second-order valence-electron chi connectivity index (χ2n) is 7.64. The van der Waals surface area contributed by atoms with E-state index in [4.69, 9.17) is 4.74 Å². The van der Waals surface area contributed by atoms with Gasteiger partial charge in [-0.1, -0.05) is 32.9 Å². The zero-order chi connectivity index (χ0) is 17.9. The predicted molar refractivity (Wildman–Crippen MR) is 98.9 cm³/mol. The molecular weight excluding hydrogens is 312 g/mol. The van der Waals surface area contributed by atoms with E-state index < -0.39 is 0 Å². The first kappa shape index (κ1) is 17.5. The highest BCUT2D eigenvalue weighted by molar-refractivity contribution is 5.94. The third-order valence-electron chi connectivity index (χ3n) is 4.62. The van der Waals surface area contributed by atoms with E-state index in [1.54, 1.807) is 12.4 Å². The van der Waals surface area contributed by atoms with Crippen LogP contribution >= 0.6 is 0 Å². The van der Waals surface area contributed by atoms with Crippen molar-refractivity contribution in [1.29, 1.82) is 0 Å². The fourth-order valence-corrected chi connectivity index (χ4v) is 3.12. The van der Waals surface area contributed by atoms with Crippen molar-refractivity contribution >= 4 is 5.91 Å². The van der Waals surface area contributed by atoms with Crippen LogP contribution in [-0.4, -0.2) is 35.0 Å². The molecule has 4 nitrogen and oxygen atoms in total. The first-order chi connectivity index (χ1) is 11.9. The molecule has 0 radical (unpaired) electrons. The summed E-state index contributed by atoms with van der Waals surface area (Å²) in [5, 5.41) is 0. The van der Waals surface area contributed by atoms with E-state index in [1.165, 1.54) is 5.56 Å². The molecule has 0 aliphatic carbocycles. The number of carbonyl (C=O) groups is 1. The number of benzene rings is 1. The van der Waals surface area contributed by atoms with Gasteiger partial charge in [0.15, 0.2) is 0 Å². The number of hydrogen-bond acceptors (Lipinski definition) is 3. The average molecular weight is 338 g/mol. The molecule has 2 heterocycles. The monoisotopic (exact) mass is 338 g/mol. The number of hydrogen-bond donors (Lipinski definition) is 0. The lowest BCUT2D eigenvalue weighted by atomic mass is 9.86. The largest absolute Gasteiger partial charge is 0.488 e. The van der Waals surface area contributed by atoms with Gasteiger partial charge in [-0.2, -0.15) is 0 Å². The molecule has 0 spiro atoms. The van der Waals surface area contributed by atoms with Crippen molar-refractivity contribution in [1.82, 2.24) is 9.88 Å². The molecule has 1 aliphatic heterocycles. The molecule has 4 heteroatoms. The molecule has 2 aromatic rings. The quantitative estimate of drug-likeness (QED) is 0.847. The molecule has 3 rings (SSSR count). The summed E-state index contributed by atoms with van der Waals surface area (Å²) >= 11 is 0. The average Bonchev–Trinajstić information content (AvgIpc) is 2.61. The number of amides is 1. The Hall–Kier alpha value is -2.36. The zero-order valence-corrected chi connectivity index (χ0v) is 15.2. The van der Waals surface area contributed by atoms with Gasteiger partial charge in [-0.25, -0.2) is 0 Å². The number of pyridine rings is 1. The van der Waals surface area contributed by atoms with Crippen LogP contribution in [0.15, 0.2) is 48.8 Å². The van der Waals surface area contributed by atoms with E-state index in [2.05, 4.69) is 37.9 Å². The number of ether oxygens (including phenoxy) is 1. The predicted octanol–water partition coefficient (Wildman–Crippen LogP) is 4.06. The minimum Gasteiger partial charge on any atom is -0.488 e. The van der Waals surface area contributed by atoms with Crippen LogP contribution in [0.4, 0.5) is 0 Å². The number of carbonyl (C=O) groups excluding carboxylic acids is 1. The molecule has 1 saturated heterocycles. The lowest BCUT2D eigenvalue weighted by Gasteiger charge is -2.33. The van der Waals surface area contributed by atoms with Crippen molar-refractivity contribution in [3.63, 3.8) is 0 Å². The molecule has 0 N–H and O–H groups in total. The van der Waals surface area contributed by atoms with Crippen LogP contribution in [0.5, 0.6) is 5.75 Å². The molecule has 0 bridgehead atoms. The van der Waals surface area contributed by atoms with E-state index in [0.29, 0.717) is 6.54 Å². The van der Waals surface area contributed by atoms with Gasteiger partial charge >= 0.3 is 0 Å². The van der Waals surface area contributed by atoms with Crippen LogP contribution in [0.1, 0.15) is 49.5 Å². The Morgan fingerprint density at radius 2 is 1.80 bits per heavy atom. The van der Waals surface area contributed by atoms with Crippen LogP contribution < -0.4 is 4.74 Å². The van der Waals surface area contributed by atoms with E-state index >= 15 is 0 Å². The summed E-state index contributed by atoms with van der Waals surface area (Å²) in [4.78, 5) is 18.7. The van der Waals surface area contributed by atoms with Gasteiger partial charge in [-0.15, -0.1) is 0 Å². The fraction of sp³-hybridized carbons (Fsp3) is 0.429. The Bertz CT molecular complexity index is 705. The number of likely N-dealkylation sites (tertiary alicyclic amines) is 1. The van der Waals surface area contributed by atoms with Crippen LogP contribution in [0.2, 0.25) is 0 Å². The highest BCUT2D eigenvalue weighted by Gasteiger charge is 2.26. The summed E-state index contributed by atoms with van der Waals surface area (Å²) in [7, 11) is 0. The first-order valence-electron chi connectivity index (χ1n) is 8.90. The number of nitrogens with zero attached hydrogens (tertiary/aromatic N) is 2. The molecule has 1 fully saturated rings. The van der Waals surface area contributed by atoms with Crippen LogP contribution in [0, 0.1) is 0 Å². The maximum atomic E-state index is 12.8. The van der Waals surface area contributed by atoms with Gasteiger partial charge < -0.3 is 9.64 Å². The van der Waals surface area contributed by atoms with Gasteiger partial charge in [0.1, 0.15) is 11.9 Å². The van der Waals surface area contributed by atoms with Gasteiger partial charge in [0, 0.05) is 24.5 Å². The number of piperidine rings is 1. The zero-order valence-electron chi connectivity index (χ0n) is 15.2. The van der Waals surface area contributed by atoms with Gasteiger partial charge in [0.05, 0.1) is 6.54 Å². The van der Waals surface area contributed by atoms with Gasteiger partial charge in [-0.05, 0) is 48.1 Å². The topological polar surface area (TPSA) is 42.4 Å². The summed E-state index contributed by atoms with van der Waals surface area (Å²) in [6.45, 7) is 7.94. The van der Waals surface area contributed by atoms with Crippen LogP contribution in [0.3, 0.4) is 0 Å². The maximum absolute atomic E-state index is 12.8. The normalized spacial score (nSPS) is 18.0. The Balaban J connectivity index is 1.65. The van der Waals surface area contributed by atoms with Gasteiger partial charge in [0.2, 0.25) is 0 Å². The third-order valence-corrected chi connectivity index (χ3v) is 4.62. The first-order valence-corrected chi connectivity index (χ1v) is 8.90. The number of aromatic nitrogens is 1. The van der Waals surface area contributed by atoms with Crippen molar-refractivity contribution in [2.24, 2.45) is 0 Å². The van der Waals surface area contributed by atoms with Gasteiger partial charge in [0.25, 0.3) is 5.91 Å². The fourth-order valence-electron chi connectivity index (χ4n) is 3.12. The van der Waals surface area contributed by atoms with Crippen molar-refractivity contribution < 1.29 is 9.53 Å². The van der Waals surface area contributed by atoms with E-state index in [1.807, 2.05) is 29.2 Å². The summed E-state index contributed by atoms with van der Waals surface area (Å²) in [5.41, 5.74) is 2.08. The molecule has 132 valence electrons. The Morgan fingerprint density at radius 1 is 1.12 bits per heavy atom. The molecule has 25 heavy (non-hydrogen) atoms. The smallest absolute Gasteiger partial charge is 0.253 e. The Kier molecular flexibility index (Phi) is 5.07. The van der Waals surface area contributed by atoms with Crippen molar-refractivity contribution in [3.8, 4) is 5.75 Å². The standard InChI is InChI=1S/C21H26N2O2/c1-21(2,3)17-8-6-16(7-9-17)20(24)23-14-4-5-19(15-23)25-18-10-12-22-13-11-18/h6-13,19H,4-5,14-15H2,1-3H3. The summed E-state index contributed by atoms with van der Waals surface area (Å²) < 4.78 is 6.00. The lowest BCUT2D eigenvalue weighted by molar-refractivity contribution is 0.0537. The molecule has 1 aliphatic rings. The lowest BCUT2D eigenvalue weighted by Crippen LogP contribution is -2.44. The molecule has 0 saturated carbocycles. The maximum Gasteiger partial charge on any atom is 0.253 e. The molecule has 1 amide bonds. The molecule has 1 unspecified atom stereocenters. The highest BCUT2D eigenvalue weighted by atomic mass is 16.5. The minimum atomic E-state index is 0.0361. The Labute approximate surface area is 149 Å². The van der Waals surface area contributed by atoms with Crippen LogP contribution in [0.25, 0.3) is 0 Å². The van der Waals surface area contributed by atoms with E-state index in [0.717, 1.165) is 30.7 Å². The molecular formula is C21H26N2O2. The minimum absolute atomic E-state index is 0.0361. The summed E-state index contributed by atoms with van der Waals surface area (Å²) in [6.07, 6.45) is 5.40. The highest BCUT2D eigenvalue weighted by Crippen LogP contribution is 2.23. The second-order valence-corrected chi connectivity index (χ2v) is 7.64. The number of rotatable bonds is 3. The third kappa shape index (κ3) is 4.38. The van der Waals surface area contributed by atoms with Crippen LogP contribution in [-0.2, 0) is 5.41 Å². The summed E-state index contributed by atoms with van der Waals surface area (Å²) in [6, 6.07) is 11.7. The summed E-state index contributed by atoms with van der Waals surface area (Å²) in [5.74, 6) is 0.896. The van der Waals surface area contributed by atoms with Crippen molar-refractivity contribution in [2.45, 2.75) is 45.1 Å². The van der Waals surface area contributed by atoms with Gasteiger partial charge in [-0.3, -0.25) is 9.78 Å². The van der Waals surface area contributed by atoms with Crippen molar-refractivity contribution in [2.75, 3.05) is 13.1 Å². The SMILES string of the molecule is CC(C)(C)c1ccc(C(=O)N2CCCC(Oc3ccncc3)C2)cc1. The van der Waals surface area contributed by atoms with E-state index in [9.17, 15) is 4.79 Å². The second kappa shape index (κ2) is 7.26. The molecule has 1 aromatic heterocycles. The Morgan fingerprint density at radius 3 is 2.44 bits per heavy atom.